The zero-order valence-corrected chi connectivity index (χ0v) is 46.1. The molecule has 0 saturated heterocycles. The van der Waals surface area contributed by atoms with Gasteiger partial charge in [0.15, 0.2) is 5.58 Å². The van der Waals surface area contributed by atoms with Crippen LogP contribution in [0.5, 0.6) is 0 Å². The van der Waals surface area contributed by atoms with Gasteiger partial charge in [0, 0.05) is 50.1 Å². The molecule has 368 valence electrons. The van der Waals surface area contributed by atoms with Gasteiger partial charge in [0.25, 0.3) is 0 Å². The first-order valence-corrected chi connectivity index (χ1v) is 27.8. The van der Waals surface area contributed by atoms with E-state index in [4.69, 9.17) is 4.42 Å². The van der Waals surface area contributed by atoms with Gasteiger partial charge in [-0.1, -0.05) is 170 Å². The van der Waals surface area contributed by atoms with Crippen LogP contribution in [0.1, 0.15) is 180 Å². The van der Waals surface area contributed by atoms with Crippen molar-refractivity contribution in [2.24, 2.45) is 0 Å². The number of para-hydroxylation sites is 1. The third-order valence-corrected chi connectivity index (χ3v) is 20.4. The van der Waals surface area contributed by atoms with Gasteiger partial charge in [0.05, 0.1) is 5.69 Å². The summed E-state index contributed by atoms with van der Waals surface area (Å²) in [6, 6.07) is 46.2. The standard InChI is InChI=1S/C69H73BN2O/c1-63(2)29-31-65(5,6)51-35-40(23-26-48(51)63)71-56-39-54-53(67(9,10)33-34-68(54,11)12)38-55(56)70-59-45(37-46-42-19-16-18-22-57(42)73-62(46)61(59)71)43-25-28-50-58(44-20-15-17-21-47(44)69(50,13)14)60(43)72(70)41-24-27-49-52(36-41)66(7,8)32-30-64(49,3)4/h15-28,35-39H,29-34H2,1-14H3. The summed E-state index contributed by atoms with van der Waals surface area (Å²) >= 11 is 0. The molecular formula is C69H73BN2O. The van der Waals surface area contributed by atoms with Crippen LogP contribution in [0.2, 0.25) is 0 Å². The van der Waals surface area contributed by atoms with E-state index in [9.17, 15) is 0 Å². The molecule has 0 atom stereocenters. The average Bonchev–Trinajstić information content (AvgIpc) is 3.84. The Morgan fingerprint density at radius 3 is 1.58 bits per heavy atom. The lowest BCUT2D eigenvalue weighted by atomic mass is 9.42. The van der Waals surface area contributed by atoms with Crippen molar-refractivity contribution in [1.29, 1.82) is 0 Å². The summed E-state index contributed by atoms with van der Waals surface area (Å²) in [4.78, 5) is 5.55. The van der Waals surface area contributed by atoms with Gasteiger partial charge in [-0.3, -0.25) is 0 Å². The van der Waals surface area contributed by atoms with Crippen LogP contribution >= 0.6 is 0 Å². The summed E-state index contributed by atoms with van der Waals surface area (Å²) in [5.41, 5.74) is 28.0. The molecule has 0 fully saturated rings. The van der Waals surface area contributed by atoms with Gasteiger partial charge in [-0.25, -0.2) is 0 Å². The lowest BCUT2D eigenvalue weighted by Gasteiger charge is -2.49. The Morgan fingerprint density at radius 1 is 0.411 bits per heavy atom. The van der Waals surface area contributed by atoms with E-state index in [-0.39, 0.29) is 44.8 Å². The van der Waals surface area contributed by atoms with E-state index < -0.39 is 0 Å². The number of benzene rings is 7. The van der Waals surface area contributed by atoms with E-state index in [2.05, 4.69) is 222 Å². The fourth-order valence-corrected chi connectivity index (χ4v) is 15.5. The van der Waals surface area contributed by atoms with Crippen molar-refractivity contribution in [2.45, 2.75) is 173 Å². The Bertz CT molecular complexity index is 3760. The van der Waals surface area contributed by atoms with Gasteiger partial charge in [0.2, 0.25) is 0 Å². The SMILES string of the molecule is CC1(C)CCC(C)(C)c2cc(N3B4c5cc6c(cc5N(c5ccc7c(c5)C(C)(C)CCC7(C)C)c5c4c(cc4c5oc5ccccc54)-c4ccc5c(c43)-c3ccccc3C5(C)C)C(C)(C)CCC6(C)C)ccc21. The van der Waals surface area contributed by atoms with Crippen molar-refractivity contribution in [1.82, 2.24) is 0 Å². The minimum absolute atomic E-state index is 0.000971. The van der Waals surface area contributed by atoms with E-state index in [0.717, 1.165) is 42.2 Å². The molecule has 2 aliphatic heterocycles. The summed E-state index contributed by atoms with van der Waals surface area (Å²) in [5, 5.41) is 2.34. The van der Waals surface area contributed by atoms with E-state index >= 15 is 0 Å². The zero-order valence-electron chi connectivity index (χ0n) is 46.1. The number of anilines is 5. The molecule has 3 heterocycles. The molecule has 6 aliphatic rings. The largest absolute Gasteiger partial charge is 0.454 e. The highest BCUT2D eigenvalue weighted by molar-refractivity contribution is 6.94. The molecule has 0 N–H and O–H groups in total. The molecule has 8 aromatic rings. The Balaban J connectivity index is 1.19. The highest BCUT2D eigenvalue weighted by atomic mass is 16.3. The summed E-state index contributed by atoms with van der Waals surface area (Å²) in [6.45, 7) is 34.5. The highest BCUT2D eigenvalue weighted by Gasteiger charge is 2.52. The molecule has 0 bridgehead atoms. The maximum Gasteiger partial charge on any atom is 0.333 e. The second-order valence-corrected chi connectivity index (χ2v) is 28.0. The molecule has 73 heavy (non-hydrogen) atoms. The first-order chi connectivity index (χ1) is 34.4. The second-order valence-electron chi connectivity index (χ2n) is 28.0. The third kappa shape index (κ3) is 6.02. The smallest absolute Gasteiger partial charge is 0.333 e. The molecule has 1 aromatic heterocycles. The molecule has 0 spiro atoms. The molecule has 4 heteroatoms. The van der Waals surface area contributed by atoms with Gasteiger partial charge in [-0.2, -0.15) is 0 Å². The van der Waals surface area contributed by atoms with Crippen LogP contribution in [-0.4, -0.2) is 6.85 Å². The Morgan fingerprint density at radius 2 is 0.932 bits per heavy atom. The topological polar surface area (TPSA) is 19.6 Å². The maximum absolute atomic E-state index is 7.40. The summed E-state index contributed by atoms with van der Waals surface area (Å²) in [7, 11) is 0. The van der Waals surface area contributed by atoms with Crippen LogP contribution in [-0.2, 0) is 37.9 Å². The number of nitrogens with zero attached hydrogens (tertiary/aromatic N) is 2. The first kappa shape index (κ1) is 45.6. The molecule has 0 saturated carbocycles. The number of rotatable bonds is 2. The molecule has 14 rings (SSSR count). The maximum atomic E-state index is 7.40. The fraction of sp³-hybridized carbons (Fsp3) is 0.391. The Kier molecular flexibility index (Phi) is 8.89. The molecule has 3 nitrogen and oxygen atoms in total. The van der Waals surface area contributed by atoms with Crippen LogP contribution in [0.25, 0.3) is 44.2 Å². The van der Waals surface area contributed by atoms with Crippen molar-refractivity contribution in [3.8, 4) is 22.3 Å². The first-order valence-electron chi connectivity index (χ1n) is 27.8. The predicted molar refractivity (Wildman–Crippen MR) is 311 cm³/mol. The number of hydrogen-bond acceptors (Lipinski definition) is 3. The third-order valence-electron chi connectivity index (χ3n) is 20.4. The lowest BCUT2D eigenvalue weighted by Crippen LogP contribution is -2.62. The lowest BCUT2D eigenvalue weighted by molar-refractivity contribution is 0.332. The van der Waals surface area contributed by atoms with E-state index in [0.29, 0.717) is 0 Å². The van der Waals surface area contributed by atoms with Gasteiger partial charge >= 0.3 is 6.85 Å². The molecule has 0 amide bonds. The van der Waals surface area contributed by atoms with Crippen LogP contribution in [0.15, 0.2) is 120 Å². The van der Waals surface area contributed by atoms with Gasteiger partial charge in [-0.05, 0) is 180 Å². The monoisotopic (exact) mass is 957 g/mol. The fourth-order valence-electron chi connectivity index (χ4n) is 15.5. The molecular weight excluding hydrogens is 884 g/mol. The highest BCUT2D eigenvalue weighted by Crippen LogP contribution is 2.61. The Labute approximate surface area is 435 Å². The average molecular weight is 957 g/mol. The summed E-state index contributed by atoms with van der Waals surface area (Å²) in [5.74, 6) is 0. The molecule has 7 aromatic carbocycles. The molecule has 4 aliphatic carbocycles. The van der Waals surface area contributed by atoms with Crippen LogP contribution < -0.4 is 20.6 Å². The Hall–Kier alpha value is -6.00. The van der Waals surface area contributed by atoms with Crippen LogP contribution in [0, 0.1) is 0 Å². The van der Waals surface area contributed by atoms with Gasteiger partial charge in [0.1, 0.15) is 5.58 Å². The van der Waals surface area contributed by atoms with E-state index in [1.807, 2.05) is 0 Å². The normalized spacial score (nSPS) is 21.1. The predicted octanol–water partition coefficient (Wildman–Crippen LogP) is 17.6. The van der Waals surface area contributed by atoms with Crippen molar-refractivity contribution in [2.75, 3.05) is 9.71 Å². The molecule has 0 unspecified atom stereocenters. The van der Waals surface area contributed by atoms with Crippen molar-refractivity contribution in [3.63, 3.8) is 0 Å². The number of hydrogen-bond donors (Lipinski definition) is 0. The molecule has 0 radical (unpaired) electrons. The van der Waals surface area contributed by atoms with Crippen LogP contribution in [0.3, 0.4) is 0 Å². The van der Waals surface area contributed by atoms with E-state index in [1.54, 1.807) is 0 Å². The minimum atomic E-state index is -0.171. The van der Waals surface area contributed by atoms with Crippen molar-refractivity contribution >= 4 is 68.1 Å². The minimum Gasteiger partial charge on any atom is -0.454 e. The summed E-state index contributed by atoms with van der Waals surface area (Å²) < 4.78 is 7.40. The van der Waals surface area contributed by atoms with Gasteiger partial charge in [-0.15, -0.1) is 0 Å². The quantitative estimate of drug-likeness (QED) is 0.161. The van der Waals surface area contributed by atoms with Gasteiger partial charge < -0.3 is 14.1 Å². The summed E-state index contributed by atoms with van der Waals surface area (Å²) in [6.07, 6.45) is 6.98. The van der Waals surface area contributed by atoms with Crippen molar-refractivity contribution in [3.05, 3.63) is 160 Å². The van der Waals surface area contributed by atoms with Crippen molar-refractivity contribution < 1.29 is 4.42 Å². The van der Waals surface area contributed by atoms with E-state index in [1.165, 1.54) is 124 Å². The number of furan rings is 1. The second kappa shape index (κ2) is 14.2. The number of fused-ring (bicyclic) bond motifs is 15. The zero-order chi connectivity index (χ0) is 50.9. The van der Waals surface area contributed by atoms with Crippen LogP contribution in [0.4, 0.5) is 28.4 Å².